The lowest BCUT2D eigenvalue weighted by Crippen LogP contribution is -2.49. The molecule has 0 aromatic heterocycles. The van der Waals surface area contributed by atoms with Gasteiger partial charge in [-0.1, -0.05) is 56.3 Å². The zero-order chi connectivity index (χ0) is 19.8. The number of amides is 3. The summed E-state index contributed by atoms with van der Waals surface area (Å²) in [5.41, 5.74) is 0.911. The van der Waals surface area contributed by atoms with E-state index in [2.05, 4.69) is 16.0 Å². The van der Waals surface area contributed by atoms with E-state index in [4.69, 9.17) is 0 Å². The van der Waals surface area contributed by atoms with Gasteiger partial charge in [0, 0.05) is 7.05 Å². The van der Waals surface area contributed by atoms with E-state index in [1.54, 1.807) is 0 Å². The second kappa shape index (κ2) is 9.71. The van der Waals surface area contributed by atoms with Crippen LogP contribution in [0, 0.1) is 5.92 Å². The third-order valence-electron chi connectivity index (χ3n) is 4.28. The van der Waals surface area contributed by atoms with Crippen LogP contribution in [0.3, 0.4) is 0 Å². The molecule has 6 heteroatoms. The Morgan fingerprint density at radius 2 is 1.67 bits per heavy atom. The van der Waals surface area contributed by atoms with Gasteiger partial charge < -0.3 is 16.0 Å². The van der Waals surface area contributed by atoms with Crippen molar-refractivity contribution in [2.24, 2.45) is 5.92 Å². The van der Waals surface area contributed by atoms with Crippen LogP contribution in [0.1, 0.15) is 25.8 Å². The zero-order valence-electron chi connectivity index (χ0n) is 16.0. The van der Waals surface area contributed by atoms with Gasteiger partial charge in [0.2, 0.25) is 17.7 Å². The van der Waals surface area contributed by atoms with Crippen molar-refractivity contribution < 1.29 is 14.4 Å². The third kappa shape index (κ3) is 6.09. The number of hydrogen-bond acceptors (Lipinski definition) is 3. The lowest BCUT2D eigenvalue weighted by molar-refractivity contribution is -0.129. The number of hydrogen-bond donors (Lipinski definition) is 3. The Morgan fingerprint density at radius 1 is 0.963 bits per heavy atom. The van der Waals surface area contributed by atoms with Crippen molar-refractivity contribution in [1.82, 2.24) is 16.0 Å². The summed E-state index contributed by atoms with van der Waals surface area (Å²) in [7, 11) is 1.54. The Balaban J connectivity index is 1.90. The van der Waals surface area contributed by atoms with Crippen molar-refractivity contribution in [3.63, 3.8) is 0 Å². The maximum atomic E-state index is 12.2. The molecule has 0 spiro atoms. The van der Waals surface area contributed by atoms with Crippen molar-refractivity contribution >= 4 is 28.5 Å². The molecule has 1 unspecified atom stereocenters. The van der Waals surface area contributed by atoms with E-state index in [9.17, 15) is 14.4 Å². The van der Waals surface area contributed by atoms with Gasteiger partial charge >= 0.3 is 0 Å². The number of carbonyl (C=O) groups is 3. The van der Waals surface area contributed by atoms with Crippen LogP contribution in [0.2, 0.25) is 0 Å². The van der Waals surface area contributed by atoms with Gasteiger partial charge in [0.05, 0.1) is 13.0 Å². The SMILES string of the molecule is CNC(=O)C(CC(C)C)NC(=O)CNC(=O)Cc1cccc2ccccc12. The lowest BCUT2D eigenvalue weighted by atomic mass is 10.0. The number of likely N-dealkylation sites (N-methyl/N-ethyl adjacent to an activating group) is 1. The number of rotatable bonds is 8. The van der Waals surface area contributed by atoms with Gasteiger partial charge in [0.1, 0.15) is 6.04 Å². The van der Waals surface area contributed by atoms with E-state index in [0.29, 0.717) is 6.42 Å². The molecule has 0 aliphatic heterocycles. The second-order valence-corrected chi connectivity index (χ2v) is 6.96. The molecule has 144 valence electrons. The molecule has 0 aliphatic rings. The smallest absolute Gasteiger partial charge is 0.242 e. The summed E-state index contributed by atoms with van der Waals surface area (Å²) in [5, 5.41) is 9.96. The monoisotopic (exact) mass is 369 g/mol. The molecule has 2 aromatic rings. The van der Waals surface area contributed by atoms with Crippen LogP contribution >= 0.6 is 0 Å². The van der Waals surface area contributed by atoms with Gasteiger partial charge in [-0.25, -0.2) is 0 Å². The molecule has 0 heterocycles. The lowest BCUT2D eigenvalue weighted by Gasteiger charge is -2.19. The normalized spacial score (nSPS) is 11.9. The summed E-state index contributed by atoms with van der Waals surface area (Å²) in [5.74, 6) is -0.593. The van der Waals surface area contributed by atoms with Crippen LogP contribution < -0.4 is 16.0 Å². The Hall–Kier alpha value is -2.89. The first kappa shape index (κ1) is 20.4. The Labute approximate surface area is 159 Å². The minimum atomic E-state index is -0.600. The maximum Gasteiger partial charge on any atom is 0.242 e. The van der Waals surface area contributed by atoms with Crippen LogP contribution in [-0.2, 0) is 20.8 Å². The molecule has 3 N–H and O–H groups in total. The molecule has 1 atom stereocenters. The highest BCUT2D eigenvalue weighted by atomic mass is 16.2. The predicted molar refractivity (Wildman–Crippen MR) is 106 cm³/mol. The Morgan fingerprint density at radius 3 is 2.37 bits per heavy atom. The van der Waals surface area contributed by atoms with E-state index >= 15 is 0 Å². The molecule has 2 aromatic carbocycles. The molecule has 6 nitrogen and oxygen atoms in total. The molecule has 0 fully saturated rings. The molecule has 0 radical (unpaired) electrons. The highest BCUT2D eigenvalue weighted by Crippen LogP contribution is 2.18. The molecular weight excluding hydrogens is 342 g/mol. The standard InChI is InChI=1S/C21H27N3O3/c1-14(2)11-18(21(27)22-3)24-20(26)13-23-19(25)12-16-9-6-8-15-7-4-5-10-17(15)16/h4-10,14,18H,11-13H2,1-3H3,(H,22,27)(H,23,25)(H,24,26). The largest absolute Gasteiger partial charge is 0.357 e. The van der Waals surface area contributed by atoms with Crippen molar-refractivity contribution in [2.75, 3.05) is 13.6 Å². The number of fused-ring (bicyclic) bond motifs is 1. The van der Waals surface area contributed by atoms with Crippen LogP contribution in [0.25, 0.3) is 10.8 Å². The van der Waals surface area contributed by atoms with Crippen LogP contribution in [0.15, 0.2) is 42.5 Å². The van der Waals surface area contributed by atoms with Crippen molar-refractivity contribution in [3.8, 4) is 0 Å². The summed E-state index contributed by atoms with van der Waals surface area (Å²) in [6.07, 6.45) is 0.731. The molecular formula is C21H27N3O3. The second-order valence-electron chi connectivity index (χ2n) is 6.96. The predicted octanol–water partition coefficient (Wildman–Crippen LogP) is 1.78. The molecule has 3 amide bonds. The molecule has 0 aliphatic carbocycles. The van der Waals surface area contributed by atoms with Gasteiger partial charge in [-0.05, 0) is 28.7 Å². The molecule has 0 bridgehead atoms. The topological polar surface area (TPSA) is 87.3 Å². The van der Waals surface area contributed by atoms with E-state index in [0.717, 1.165) is 16.3 Å². The van der Waals surface area contributed by atoms with Gasteiger partial charge in [-0.3, -0.25) is 14.4 Å². The first-order chi connectivity index (χ1) is 12.9. The molecule has 2 rings (SSSR count). The highest BCUT2D eigenvalue weighted by Gasteiger charge is 2.21. The Bertz CT molecular complexity index is 812. The first-order valence-corrected chi connectivity index (χ1v) is 9.15. The first-order valence-electron chi connectivity index (χ1n) is 9.15. The highest BCUT2D eigenvalue weighted by molar-refractivity contribution is 5.92. The minimum absolute atomic E-state index is 0.158. The van der Waals surface area contributed by atoms with Gasteiger partial charge in [0.25, 0.3) is 0 Å². The maximum absolute atomic E-state index is 12.2. The number of nitrogens with one attached hydrogen (secondary N) is 3. The van der Waals surface area contributed by atoms with Gasteiger partial charge in [0.15, 0.2) is 0 Å². The van der Waals surface area contributed by atoms with Crippen LogP contribution in [0.5, 0.6) is 0 Å². The summed E-state index contributed by atoms with van der Waals surface area (Å²) in [4.78, 5) is 36.2. The third-order valence-corrected chi connectivity index (χ3v) is 4.28. The average Bonchev–Trinajstić information content (AvgIpc) is 2.65. The fourth-order valence-corrected chi connectivity index (χ4v) is 2.98. The summed E-state index contributed by atoms with van der Waals surface area (Å²) < 4.78 is 0. The zero-order valence-corrected chi connectivity index (χ0v) is 16.0. The van der Waals surface area contributed by atoms with E-state index in [-0.39, 0.29) is 36.6 Å². The molecule has 27 heavy (non-hydrogen) atoms. The average molecular weight is 369 g/mol. The Kier molecular flexibility index (Phi) is 7.34. The van der Waals surface area contributed by atoms with E-state index in [1.807, 2.05) is 56.3 Å². The number of carbonyl (C=O) groups excluding carboxylic acids is 3. The fourth-order valence-electron chi connectivity index (χ4n) is 2.98. The quantitative estimate of drug-likeness (QED) is 0.663. The molecule has 0 saturated heterocycles. The number of benzene rings is 2. The van der Waals surface area contributed by atoms with Crippen LogP contribution in [-0.4, -0.2) is 37.4 Å². The van der Waals surface area contributed by atoms with Crippen molar-refractivity contribution in [3.05, 3.63) is 48.0 Å². The van der Waals surface area contributed by atoms with E-state index in [1.165, 1.54) is 7.05 Å². The van der Waals surface area contributed by atoms with Crippen LogP contribution in [0.4, 0.5) is 0 Å². The summed E-state index contributed by atoms with van der Waals surface area (Å²) in [6.45, 7) is 3.80. The van der Waals surface area contributed by atoms with Crippen molar-refractivity contribution in [1.29, 1.82) is 0 Å². The van der Waals surface area contributed by atoms with Gasteiger partial charge in [-0.2, -0.15) is 0 Å². The molecule has 0 saturated carbocycles. The fraction of sp³-hybridized carbons (Fsp3) is 0.381. The minimum Gasteiger partial charge on any atom is -0.357 e. The summed E-state index contributed by atoms with van der Waals surface area (Å²) in [6, 6.07) is 13.1. The van der Waals surface area contributed by atoms with Crippen molar-refractivity contribution in [2.45, 2.75) is 32.7 Å². The summed E-state index contributed by atoms with van der Waals surface area (Å²) >= 11 is 0. The van der Waals surface area contributed by atoms with Gasteiger partial charge in [-0.15, -0.1) is 0 Å². The van der Waals surface area contributed by atoms with E-state index < -0.39 is 6.04 Å².